The quantitative estimate of drug-likeness (QED) is 0.443. The number of rotatable bonds is 6. The summed E-state index contributed by atoms with van der Waals surface area (Å²) in [6.07, 6.45) is 0. The van der Waals surface area contributed by atoms with Gasteiger partial charge in [0, 0.05) is 36.4 Å². The van der Waals surface area contributed by atoms with E-state index in [0.717, 1.165) is 44.0 Å². The molecular formula is C26H26ClFN4O3. The lowest BCUT2D eigenvalue weighted by Gasteiger charge is -2.27. The molecule has 0 atom stereocenters. The molecule has 0 bridgehead atoms. The lowest BCUT2D eigenvalue weighted by Crippen LogP contribution is -2.36. The lowest BCUT2D eigenvalue weighted by atomic mass is 10.1. The van der Waals surface area contributed by atoms with Gasteiger partial charge in [-0.05, 0) is 35.7 Å². The smallest absolute Gasteiger partial charge is 0.276 e. The van der Waals surface area contributed by atoms with Crippen LogP contribution in [-0.2, 0) is 24.4 Å². The van der Waals surface area contributed by atoms with Crippen molar-refractivity contribution >= 4 is 22.5 Å². The fourth-order valence-electron chi connectivity index (χ4n) is 4.62. The van der Waals surface area contributed by atoms with Crippen molar-refractivity contribution in [1.29, 1.82) is 0 Å². The summed E-state index contributed by atoms with van der Waals surface area (Å²) in [6.45, 7) is 6.28. The fraction of sp³-hybridized carbons (Fsp3) is 0.308. The van der Waals surface area contributed by atoms with Crippen LogP contribution in [0.2, 0.25) is 5.02 Å². The normalized spacial score (nSPS) is 14.6. The molecule has 1 aliphatic heterocycles. The van der Waals surface area contributed by atoms with Gasteiger partial charge in [0.05, 0.1) is 37.2 Å². The first kappa shape index (κ1) is 23.5. The van der Waals surface area contributed by atoms with Gasteiger partial charge in [-0.2, -0.15) is 0 Å². The van der Waals surface area contributed by atoms with Crippen molar-refractivity contribution < 1.29 is 9.13 Å². The topological polar surface area (TPSA) is 72.3 Å². The van der Waals surface area contributed by atoms with Gasteiger partial charge in [-0.25, -0.2) is 9.07 Å². The van der Waals surface area contributed by atoms with Crippen LogP contribution in [0.25, 0.3) is 10.9 Å². The second kappa shape index (κ2) is 9.81. The number of aryl methyl sites for hydroxylation is 1. The Labute approximate surface area is 206 Å². The number of morpholine rings is 1. The number of H-pyrrole nitrogens is 1. The number of ether oxygens (including phenoxy) is 1. The maximum Gasteiger partial charge on any atom is 0.276 e. The van der Waals surface area contributed by atoms with Crippen LogP contribution in [-0.4, -0.2) is 45.6 Å². The molecule has 1 N–H and O–H groups in total. The Kier molecular flexibility index (Phi) is 6.60. The predicted molar refractivity (Wildman–Crippen MR) is 134 cm³/mol. The van der Waals surface area contributed by atoms with Crippen LogP contribution in [0.15, 0.2) is 58.1 Å². The van der Waals surface area contributed by atoms with Gasteiger partial charge in [0.1, 0.15) is 5.82 Å². The summed E-state index contributed by atoms with van der Waals surface area (Å²) in [5.74, 6) is -0.440. The summed E-state index contributed by atoms with van der Waals surface area (Å²) in [6, 6.07) is 13.6. The molecule has 0 saturated carbocycles. The van der Waals surface area contributed by atoms with Gasteiger partial charge in [-0.1, -0.05) is 41.9 Å². The van der Waals surface area contributed by atoms with Crippen LogP contribution in [0.4, 0.5) is 4.39 Å². The standard InChI is InChI=1S/C26H26ClFN4O3/c1-17-25-23(29-32(26(25)34)16-20-6-7-21(28)12-22(20)27)13-24(33)31(17)15-19-5-3-2-4-18(19)14-30-8-10-35-11-9-30/h2-7,12-13,29H,8-11,14-16H2,1H3. The van der Waals surface area contributed by atoms with E-state index in [-0.39, 0.29) is 22.7 Å². The molecule has 2 aromatic carbocycles. The SMILES string of the molecule is Cc1c2c(=O)n(Cc3ccc(F)cc3Cl)[nH]c2cc(=O)n1Cc1ccccc1CN1CCOCC1. The molecular weight excluding hydrogens is 471 g/mol. The van der Waals surface area contributed by atoms with Crippen LogP contribution in [0.1, 0.15) is 22.4 Å². The van der Waals surface area contributed by atoms with E-state index in [9.17, 15) is 14.0 Å². The Balaban J connectivity index is 1.49. The van der Waals surface area contributed by atoms with E-state index in [4.69, 9.17) is 16.3 Å². The summed E-state index contributed by atoms with van der Waals surface area (Å²) >= 11 is 6.15. The van der Waals surface area contributed by atoms with Crippen molar-refractivity contribution in [1.82, 2.24) is 19.2 Å². The van der Waals surface area contributed by atoms with Crippen molar-refractivity contribution in [3.8, 4) is 0 Å². The fourth-order valence-corrected chi connectivity index (χ4v) is 4.85. The summed E-state index contributed by atoms with van der Waals surface area (Å²) in [7, 11) is 0. The minimum absolute atomic E-state index is 0.142. The van der Waals surface area contributed by atoms with E-state index < -0.39 is 5.82 Å². The molecule has 0 radical (unpaired) electrons. The molecule has 9 heteroatoms. The molecule has 0 unspecified atom stereocenters. The zero-order valence-electron chi connectivity index (χ0n) is 19.4. The summed E-state index contributed by atoms with van der Waals surface area (Å²) in [4.78, 5) is 28.7. The zero-order valence-corrected chi connectivity index (χ0v) is 20.1. The van der Waals surface area contributed by atoms with E-state index in [1.54, 1.807) is 17.6 Å². The van der Waals surface area contributed by atoms with E-state index in [2.05, 4.69) is 16.1 Å². The molecule has 5 rings (SSSR count). The highest BCUT2D eigenvalue weighted by Gasteiger charge is 2.17. The van der Waals surface area contributed by atoms with Gasteiger partial charge in [0.15, 0.2) is 0 Å². The largest absolute Gasteiger partial charge is 0.379 e. The highest BCUT2D eigenvalue weighted by molar-refractivity contribution is 6.31. The van der Waals surface area contributed by atoms with Gasteiger partial charge in [-0.3, -0.25) is 19.6 Å². The molecule has 0 aliphatic carbocycles. The predicted octanol–water partition coefficient (Wildman–Crippen LogP) is 3.52. The Hall–Kier alpha value is -3.20. The molecule has 182 valence electrons. The molecule has 3 heterocycles. The first-order chi connectivity index (χ1) is 16.9. The Morgan fingerprint density at radius 2 is 1.69 bits per heavy atom. The van der Waals surface area contributed by atoms with Crippen molar-refractivity contribution in [2.45, 2.75) is 26.6 Å². The van der Waals surface area contributed by atoms with Gasteiger partial charge < -0.3 is 9.30 Å². The molecule has 2 aromatic heterocycles. The number of pyridine rings is 1. The van der Waals surface area contributed by atoms with Gasteiger partial charge >= 0.3 is 0 Å². The van der Waals surface area contributed by atoms with Crippen molar-refractivity contribution in [2.75, 3.05) is 26.3 Å². The number of benzene rings is 2. The third kappa shape index (κ3) is 4.82. The first-order valence-corrected chi connectivity index (χ1v) is 11.9. The summed E-state index contributed by atoms with van der Waals surface area (Å²) in [5.41, 5.74) is 3.41. The number of nitrogens with one attached hydrogen (secondary N) is 1. The minimum Gasteiger partial charge on any atom is -0.379 e. The average molecular weight is 497 g/mol. The molecule has 0 amide bonds. The van der Waals surface area contributed by atoms with Gasteiger partial charge in [-0.15, -0.1) is 0 Å². The molecule has 7 nitrogen and oxygen atoms in total. The number of aromatic nitrogens is 3. The Bertz CT molecular complexity index is 1500. The van der Waals surface area contributed by atoms with Crippen LogP contribution in [0.5, 0.6) is 0 Å². The molecule has 1 fully saturated rings. The highest BCUT2D eigenvalue weighted by Crippen LogP contribution is 2.20. The number of hydrogen-bond acceptors (Lipinski definition) is 4. The molecule has 35 heavy (non-hydrogen) atoms. The summed E-state index contributed by atoms with van der Waals surface area (Å²) < 4.78 is 21.9. The number of fused-ring (bicyclic) bond motifs is 1. The molecule has 1 aliphatic rings. The second-order valence-electron chi connectivity index (χ2n) is 8.84. The number of nitrogens with zero attached hydrogens (tertiary/aromatic N) is 3. The summed E-state index contributed by atoms with van der Waals surface area (Å²) in [5, 5.41) is 3.70. The van der Waals surface area contributed by atoms with E-state index in [1.807, 2.05) is 18.2 Å². The second-order valence-corrected chi connectivity index (χ2v) is 9.25. The van der Waals surface area contributed by atoms with Crippen molar-refractivity contribution in [2.24, 2.45) is 0 Å². The monoisotopic (exact) mass is 496 g/mol. The number of halogens is 2. The first-order valence-electron chi connectivity index (χ1n) is 11.5. The zero-order chi connectivity index (χ0) is 24.5. The highest BCUT2D eigenvalue weighted by atomic mass is 35.5. The molecule has 4 aromatic rings. The van der Waals surface area contributed by atoms with Gasteiger partial charge in [0.25, 0.3) is 11.1 Å². The third-order valence-corrected chi connectivity index (χ3v) is 6.92. The van der Waals surface area contributed by atoms with Crippen LogP contribution >= 0.6 is 11.6 Å². The van der Waals surface area contributed by atoms with Crippen LogP contribution in [0, 0.1) is 12.7 Å². The number of aromatic amines is 1. The maximum atomic E-state index is 13.4. The molecule has 0 spiro atoms. The lowest BCUT2D eigenvalue weighted by molar-refractivity contribution is 0.0340. The molecule has 1 saturated heterocycles. The van der Waals surface area contributed by atoms with E-state index in [1.165, 1.54) is 22.9 Å². The van der Waals surface area contributed by atoms with E-state index in [0.29, 0.717) is 28.7 Å². The average Bonchev–Trinajstić information content (AvgIpc) is 3.15. The third-order valence-electron chi connectivity index (χ3n) is 6.57. The maximum absolute atomic E-state index is 13.4. The Morgan fingerprint density at radius 3 is 2.40 bits per heavy atom. The van der Waals surface area contributed by atoms with Gasteiger partial charge in [0.2, 0.25) is 0 Å². The van der Waals surface area contributed by atoms with Crippen LogP contribution < -0.4 is 11.1 Å². The number of hydrogen-bond donors (Lipinski definition) is 1. The van der Waals surface area contributed by atoms with Crippen molar-refractivity contribution in [3.63, 3.8) is 0 Å². The van der Waals surface area contributed by atoms with Crippen molar-refractivity contribution in [3.05, 3.63) is 102 Å². The van der Waals surface area contributed by atoms with E-state index >= 15 is 0 Å². The minimum atomic E-state index is -0.440. The van der Waals surface area contributed by atoms with Crippen LogP contribution in [0.3, 0.4) is 0 Å². The Morgan fingerprint density at radius 1 is 0.971 bits per heavy atom.